The standard InChI is InChI=1S/C18H16BrClN4O/c1-12-17(22-23-24(12)16-8-4-14(19)5-9-16)18(25)21-11-10-13-2-6-15(20)7-3-13/h2-9H,10-11H2,1H3,(H,21,25). The highest BCUT2D eigenvalue weighted by molar-refractivity contribution is 9.10. The van der Waals surface area contributed by atoms with Crippen LogP contribution in [0.2, 0.25) is 5.02 Å². The van der Waals surface area contributed by atoms with E-state index in [0.717, 1.165) is 22.1 Å². The van der Waals surface area contributed by atoms with Gasteiger partial charge in [-0.2, -0.15) is 0 Å². The maximum atomic E-state index is 12.4. The summed E-state index contributed by atoms with van der Waals surface area (Å²) in [6.07, 6.45) is 0.725. The molecule has 1 heterocycles. The molecule has 1 amide bonds. The Hall–Kier alpha value is -2.18. The molecule has 5 nitrogen and oxygen atoms in total. The van der Waals surface area contributed by atoms with Gasteiger partial charge in [-0.1, -0.05) is 44.9 Å². The van der Waals surface area contributed by atoms with Crippen molar-refractivity contribution in [2.45, 2.75) is 13.3 Å². The SMILES string of the molecule is Cc1c(C(=O)NCCc2ccc(Cl)cc2)nnn1-c1ccc(Br)cc1. The van der Waals surface area contributed by atoms with E-state index in [1.54, 1.807) is 4.68 Å². The Balaban J connectivity index is 1.64. The molecule has 0 spiro atoms. The van der Waals surface area contributed by atoms with E-state index in [0.29, 0.717) is 23.0 Å². The first-order chi connectivity index (χ1) is 12.0. The summed E-state index contributed by atoms with van der Waals surface area (Å²) in [7, 11) is 0. The lowest BCUT2D eigenvalue weighted by molar-refractivity contribution is 0.0948. The fraction of sp³-hybridized carbons (Fsp3) is 0.167. The Morgan fingerprint density at radius 1 is 1.16 bits per heavy atom. The lowest BCUT2D eigenvalue weighted by Crippen LogP contribution is -2.26. The number of amides is 1. The van der Waals surface area contributed by atoms with E-state index < -0.39 is 0 Å². The number of nitrogens with zero attached hydrogens (tertiary/aromatic N) is 3. The summed E-state index contributed by atoms with van der Waals surface area (Å²) in [5, 5.41) is 11.7. The number of hydrogen-bond donors (Lipinski definition) is 1. The number of carbonyl (C=O) groups excluding carboxylic acids is 1. The van der Waals surface area contributed by atoms with Crippen molar-refractivity contribution in [2.75, 3.05) is 6.54 Å². The Bertz CT molecular complexity index is 875. The maximum Gasteiger partial charge on any atom is 0.273 e. The smallest absolute Gasteiger partial charge is 0.273 e. The van der Waals surface area contributed by atoms with Crippen LogP contribution in [0.3, 0.4) is 0 Å². The number of carbonyl (C=O) groups is 1. The monoisotopic (exact) mass is 418 g/mol. The van der Waals surface area contributed by atoms with E-state index >= 15 is 0 Å². The zero-order chi connectivity index (χ0) is 17.8. The Morgan fingerprint density at radius 2 is 1.84 bits per heavy atom. The van der Waals surface area contributed by atoms with E-state index in [1.165, 1.54) is 0 Å². The fourth-order valence-corrected chi connectivity index (χ4v) is 2.81. The number of nitrogens with one attached hydrogen (secondary N) is 1. The third-order valence-corrected chi connectivity index (χ3v) is 4.57. The van der Waals surface area contributed by atoms with Crippen LogP contribution in [-0.4, -0.2) is 27.4 Å². The molecule has 0 aliphatic heterocycles. The summed E-state index contributed by atoms with van der Waals surface area (Å²) in [5.74, 6) is -0.227. The van der Waals surface area contributed by atoms with Gasteiger partial charge in [0.05, 0.1) is 11.4 Å². The van der Waals surface area contributed by atoms with Gasteiger partial charge >= 0.3 is 0 Å². The van der Waals surface area contributed by atoms with Crippen LogP contribution in [0, 0.1) is 6.92 Å². The predicted octanol–water partition coefficient (Wildman–Crippen LogP) is 3.96. The molecule has 0 saturated carbocycles. The number of hydrogen-bond acceptors (Lipinski definition) is 3. The zero-order valence-corrected chi connectivity index (χ0v) is 15.9. The van der Waals surface area contributed by atoms with Gasteiger partial charge in [0, 0.05) is 16.0 Å². The van der Waals surface area contributed by atoms with Crippen LogP contribution in [0.25, 0.3) is 5.69 Å². The average Bonchev–Trinajstić information content (AvgIpc) is 2.99. The van der Waals surface area contributed by atoms with E-state index in [-0.39, 0.29) is 5.91 Å². The van der Waals surface area contributed by atoms with Crippen molar-refractivity contribution < 1.29 is 4.79 Å². The molecule has 0 saturated heterocycles. The Labute approximate surface area is 159 Å². The third kappa shape index (κ3) is 4.27. The van der Waals surface area contributed by atoms with Crippen LogP contribution in [0.5, 0.6) is 0 Å². The van der Waals surface area contributed by atoms with Crippen molar-refractivity contribution in [3.05, 3.63) is 75.0 Å². The molecular weight excluding hydrogens is 404 g/mol. The summed E-state index contributed by atoms with van der Waals surface area (Å²) < 4.78 is 2.63. The molecule has 0 aliphatic carbocycles. The van der Waals surface area contributed by atoms with Gasteiger partial charge in [0.2, 0.25) is 0 Å². The summed E-state index contributed by atoms with van der Waals surface area (Å²) >= 11 is 9.27. The van der Waals surface area contributed by atoms with Crippen LogP contribution in [-0.2, 0) is 6.42 Å². The molecule has 3 rings (SSSR count). The molecule has 0 atom stereocenters. The Kier molecular flexibility index (Phi) is 5.50. The fourth-order valence-electron chi connectivity index (χ4n) is 2.42. The number of halogens is 2. The third-order valence-electron chi connectivity index (χ3n) is 3.79. The highest BCUT2D eigenvalue weighted by atomic mass is 79.9. The van der Waals surface area contributed by atoms with E-state index in [2.05, 4.69) is 31.6 Å². The molecule has 0 fully saturated rings. The molecule has 0 radical (unpaired) electrons. The highest BCUT2D eigenvalue weighted by Gasteiger charge is 2.16. The second-order valence-electron chi connectivity index (χ2n) is 5.54. The lowest BCUT2D eigenvalue weighted by Gasteiger charge is -2.06. The topological polar surface area (TPSA) is 59.8 Å². The lowest BCUT2D eigenvalue weighted by atomic mass is 10.1. The van der Waals surface area contributed by atoms with Crippen molar-refractivity contribution in [1.29, 1.82) is 0 Å². The summed E-state index contributed by atoms with van der Waals surface area (Å²) in [5.41, 5.74) is 3.00. The van der Waals surface area contributed by atoms with Crippen LogP contribution < -0.4 is 5.32 Å². The molecule has 2 aromatic carbocycles. The van der Waals surface area contributed by atoms with E-state index in [1.807, 2.05) is 55.5 Å². The van der Waals surface area contributed by atoms with Gasteiger partial charge in [0.1, 0.15) is 0 Å². The summed E-state index contributed by atoms with van der Waals surface area (Å²) in [4.78, 5) is 12.4. The van der Waals surface area contributed by atoms with Gasteiger partial charge in [-0.15, -0.1) is 5.10 Å². The largest absolute Gasteiger partial charge is 0.350 e. The van der Waals surface area contributed by atoms with Gasteiger partial charge in [0.25, 0.3) is 5.91 Å². The molecule has 1 aromatic heterocycles. The number of aromatic nitrogens is 3. The zero-order valence-electron chi connectivity index (χ0n) is 13.5. The Morgan fingerprint density at radius 3 is 2.52 bits per heavy atom. The van der Waals surface area contributed by atoms with Gasteiger partial charge in [-0.25, -0.2) is 4.68 Å². The molecule has 3 aromatic rings. The molecule has 0 aliphatic rings. The molecular formula is C18H16BrClN4O. The van der Waals surface area contributed by atoms with Crippen LogP contribution in [0.1, 0.15) is 21.7 Å². The van der Waals surface area contributed by atoms with Crippen LogP contribution in [0.4, 0.5) is 0 Å². The number of benzene rings is 2. The minimum Gasteiger partial charge on any atom is -0.350 e. The first-order valence-electron chi connectivity index (χ1n) is 7.75. The average molecular weight is 420 g/mol. The van der Waals surface area contributed by atoms with Crippen molar-refractivity contribution in [1.82, 2.24) is 20.3 Å². The molecule has 1 N–H and O–H groups in total. The van der Waals surface area contributed by atoms with Crippen LogP contribution in [0.15, 0.2) is 53.0 Å². The van der Waals surface area contributed by atoms with Crippen molar-refractivity contribution in [3.63, 3.8) is 0 Å². The second kappa shape index (κ2) is 7.80. The predicted molar refractivity (Wildman–Crippen MR) is 101 cm³/mol. The van der Waals surface area contributed by atoms with Crippen molar-refractivity contribution in [3.8, 4) is 5.69 Å². The molecule has 25 heavy (non-hydrogen) atoms. The molecule has 0 bridgehead atoms. The molecule has 7 heteroatoms. The van der Waals surface area contributed by atoms with E-state index in [4.69, 9.17) is 11.6 Å². The first-order valence-corrected chi connectivity index (χ1v) is 8.92. The normalized spacial score (nSPS) is 10.7. The number of rotatable bonds is 5. The van der Waals surface area contributed by atoms with E-state index in [9.17, 15) is 4.79 Å². The highest BCUT2D eigenvalue weighted by Crippen LogP contribution is 2.16. The quantitative estimate of drug-likeness (QED) is 0.681. The van der Waals surface area contributed by atoms with Gasteiger partial charge in [0.15, 0.2) is 5.69 Å². The van der Waals surface area contributed by atoms with Gasteiger partial charge in [-0.05, 0) is 55.3 Å². The van der Waals surface area contributed by atoms with Gasteiger partial charge < -0.3 is 5.32 Å². The van der Waals surface area contributed by atoms with Crippen LogP contribution >= 0.6 is 27.5 Å². The first kappa shape index (κ1) is 17.6. The molecule has 0 unspecified atom stereocenters. The second-order valence-corrected chi connectivity index (χ2v) is 6.90. The maximum absolute atomic E-state index is 12.4. The molecule has 128 valence electrons. The van der Waals surface area contributed by atoms with Crippen molar-refractivity contribution in [2.24, 2.45) is 0 Å². The van der Waals surface area contributed by atoms with Gasteiger partial charge in [-0.3, -0.25) is 4.79 Å². The summed E-state index contributed by atoms with van der Waals surface area (Å²) in [6, 6.07) is 15.2. The summed E-state index contributed by atoms with van der Waals surface area (Å²) in [6.45, 7) is 2.35. The van der Waals surface area contributed by atoms with Crippen molar-refractivity contribution >= 4 is 33.4 Å². The minimum atomic E-state index is -0.227. The minimum absolute atomic E-state index is 0.227.